The van der Waals surface area contributed by atoms with E-state index >= 15 is 0 Å². The van der Waals surface area contributed by atoms with Gasteiger partial charge in [-0.1, -0.05) is 20.8 Å². The largest absolute Gasteiger partial charge is 0.502 e. The lowest BCUT2D eigenvalue weighted by molar-refractivity contribution is -0.204. The molecule has 0 heterocycles. The van der Waals surface area contributed by atoms with Gasteiger partial charge < -0.3 is 53.1 Å². The lowest BCUT2D eigenvalue weighted by Gasteiger charge is -2.51. The van der Waals surface area contributed by atoms with E-state index in [1.54, 1.807) is 64.0 Å². The molecular formula is C22H60O12Si7. The van der Waals surface area contributed by atoms with Gasteiger partial charge in [-0.05, 0) is 39.3 Å². The van der Waals surface area contributed by atoms with Crippen molar-refractivity contribution in [2.45, 2.75) is 81.1 Å². The van der Waals surface area contributed by atoms with E-state index in [9.17, 15) is 0 Å². The van der Waals surface area contributed by atoms with Gasteiger partial charge in [-0.15, -0.1) is 0 Å². The summed E-state index contributed by atoms with van der Waals surface area (Å²) in [5, 5.41) is -0.429. The van der Waals surface area contributed by atoms with Crippen LogP contribution in [0.4, 0.5) is 0 Å². The van der Waals surface area contributed by atoms with E-state index in [0.717, 1.165) is 0 Å². The van der Waals surface area contributed by atoms with Gasteiger partial charge in [0, 0.05) is 79.5 Å². The van der Waals surface area contributed by atoms with E-state index in [0.29, 0.717) is 10.2 Å². The second-order valence-corrected chi connectivity index (χ2v) is 37.5. The van der Waals surface area contributed by atoms with Crippen LogP contribution in [0.2, 0.25) is 54.8 Å². The summed E-state index contributed by atoms with van der Waals surface area (Å²) in [7, 11) is -2.32. The monoisotopic (exact) mass is 712 g/mol. The quantitative estimate of drug-likeness (QED) is 0.129. The summed E-state index contributed by atoms with van der Waals surface area (Å²) in [6, 6.07) is 0. The van der Waals surface area contributed by atoms with Gasteiger partial charge in [-0.2, -0.15) is 0 Å². The Kier molecular flexibility index (Phi) is 16.4. The Labute approximate surface area is 259 Å². The van der Waals surface area contributed by atoms with E-state index in [1.165, 1.54) is 0 Å². The van der Waals surface area contributed by atoms with Gasteiger partial charge in [0.1, 0.15) is 10.2 Å². The molecule has 0 radical (unpaired) electrons. The van der Waals surface area contributed by atoms with Gasteiger partial charge in [0.2, 0.25) is 5.60 Å². The van der Waals surface area contributed by atoms with Crippen molar-refractivity contribution in [3.63, 3.8) is 0 Å². The molecule has 12 nitrogen and oxygen atoms in total. The first-order chi connectivity index (χ1) is 18.6. The molecule has 0 aromatic heterocycles. The first-order valence-electron chi connectivity index (χ1n) is 13.7. The van der Waals surface area contributed by atoms with Crippen molar-refractivity contribution in [3.8, 4) is 0 Å². The maximum atomic E-state index is 7.10. The fourth-order valence-electron chi connectivity index (χ4n) is 5.38. The van der Waals surface area contributed by atoms with Gasteiger partial charge in [-0.25, -0.2) is 0 Å². The van der Waals surface area contributed by atoms with Crippen molar-refractivity contribution >= 4 is 61.6 Å². The van der Waals surface area contributed by atoms with Gasteiger partial charge >= 0.3 is 26.4 Å². The van der Waals surface area contributed by atoms with E-state index < -0.39 is 57.0 Å². The third-order valence-electron chi connectivity index (χ3n) is 8.63. The molecule has 0 aromatic rings. The second kappa shape index (κ2) is 16.0. The average molecular weight is 713 g/mol. The van der Waals surface area contributed by atoms with Crippen molar-refractivity contribution in [1.82, 2.24) is 0 Å². The molecule has 0 saturated carbocycles. The molecular weight excluding hydrogens is 653 g/mol. The van der Waals surface area contributed by atoms with Crippen LogP contribution in [-0.4, -0.2) is 131 Å². The summed E-state index contributed by atoms with van der Waals surface area (Å²) >= 11 is 0. The Morgan fingerprint density at radius 2 is 0.537 bits per heavy atom. The SMILES string of the molecule is CO[Si](OC)(OC)C(C)[Si](C)(C)OC([SiH3])(O[Si](C)(C)C(C)[Si](OC)(OC)OC)O[Si](C)(C)C(C)[Si](OC)(OC)OC. The molecule has 0 rings (SSSR count). The highest BCUT2D eigenvalue weighted by Gasteiger charge is 2.61. The summed E-state index contributed by atoms with van der Waals surface area (Å²) < 4.78 is 74.1. The number of hydrogen-bond donors (Lipinski definition) is 0. The molecule has 0 amide bonds. The van der Waals surface area contributed by atoms with Crippen LogP contribution in [0.1, 0.15) is 20.8 Å². The van der Waals surface area contributed by atoms with Gasteiger partial charge in [0.05, 0.1) is 0 Å². The first kappa shape index (κ1) is 42.0. The minimum absolute atomic E-state index is 0.143. The number of rotatable bonds is 21. The fraction of sp³-hybridized carbons (Fsp3) is 1.00. The Bertz CT molecular complexity index is 657. The maximum Gasteiger partial charge on any atom is 0.502 e. The smallest absolute Gasteiger partial charge is 0.377 e. The highest BCUT2D eigenvalue weighted by atomic mass is 28.4. The Balaban J connectivity index is 6.96. The highest BCUT2D eigenvalue weighted by molar-refractivity contribution is 6.90. The van der Waals surface area contributed by atoms with Crippen LogP contribution in [0.5, 0.6) is 0 Å². The molecule has 0 aliphatic rings. The lowest BCUT2D eigenvalue weighted by atomic mass is 10.9. The van der Waals surface area contributed by atoms with Crippen LogP contribution in [0.15, 0.2) is 0 Å². The third-order valence-corrected chi connectivity index (χ3v) is 37.2. The maximum absolute atomic E-state index is 7.10. The predicted octanol–water partition coefficient (Wildman–Crippen LogP) is 3.05. The summed E-state index contributed by atoms with van der Waals surface area (Å²) in [4.78, 5) is 0. The molecule has 19 heteroatoms. The van der Waals surface area contributed by atoms with Gasteiger partial charge in [0.25, 0.3) is 0 Å². The fourth-order valence-corrected chi connectivity index (χ4v) is 32.6. The van der Waals surface area contributed by atoms with Crippen LogP contribution in [0, 0.1) is 0 Å². The van der Waals surface area contributed by atoms with E-state index in [-0.39, 0.29) is 15.5 Å². The summed E-state index contributed by atoms with van der Waals surface area (Å²) in [6.45, 7) is 18.9. The minimum atomic E-state index is -3.05. The third kappa shape index (κ3) is 9.29. The van der Waals surface area contributed by atoms with Crippen molar-refractivity contribution in [2.75, 3.05) is 64.0 Å². The van der Waals surface area contributed by atoms with Gasteiger partial charge in [0.15, 0.2) is 25.0 Å². The molecule has 41 heavy (non-hydrogen) atoms. The lowest BCUT2D eigenvalue weighted by Crippen LogP contribution is -2.67. The molecule has 0 saturated heterocycles. The van der Waals surface area contributed by atoms with Crippen molar-refractivity contribution in [3.05, 3.63) is 0 Å². The zero-order chi connectivity index (χ0) is 32.7. The molecule has 0 aliphatic carbocycles. The summed E-state index contributed by atoms with van der Waals surface area (Å²) in [6.07, 6.45) is 0. The van der Waals surface area contributed by atoms with Crippen LogP contribution in [-0.2, 0) is 53.1 Å². The van der Waals surface area contributed by atoms with E-state index in [4.69, 9.17) is 53.1 Å². The molecule has 248 valence electrons. The van der Waals surface area contributed by atoms with E-state index in [1.807, 2.05) is 0 Å². The minimum Gasteiger partial charge on any atom is -0.377 e. The highest BCUT2D eigenvalue weighted by Crippen LogP contribution is 2.43. The molecule has 0 spiro atoms. The van der Waals surface area contributed by atoms with Crippen molar-refractivity contribution in [1.29, 1.82) is 0 Å². The first-order valence-corrected chi connectivity index (χ1v) is 29.1. The van der Waals surface area contributed by atoms with Gasteiger partial charge in [-0.3, -0.25) is 0 Å². The normalized spacial score (nSPS) is 18.3. The molecule has 0 bridgehead atoms. The molecule has 0 aromatic carbocycles. The molecule has 3 unspecified atom stereocenters. The standard InChI is InChI=1S/C22H60O12Si7/c1-19(39(23-4,24-5)25-6)36(13,14)32-22(35,33-37(15,16)20(2)40(26-7,27-8)28-9)34-38(17,18)21(3)41(29-10,30-11)31-12/h19-21H,1-18,35H3. The van der Waals surface area contributed by atoms with Crippen molar-refractivity contribution in [2.24, 2.45) is 0 Å². The Morgan fingerprint density at radius 3 is 0.659 bits per heavy atom. The molecule has 0 aliphatic heterocycles. The zero-order valence-electron chi connectivity index (χ0n) is 29.1. The van der Waals surface area contributed by atoms with Crippen LogP contribution in [0.3, 0.4) is 0 Å². The Morgan fingerprint density at radius 1 is 0.390 bits per heavy atom. The average Bonchev–Trinajstić information content (AvgIpc) is 2.91. The summed E-state index contributed by atoms with van der Waals surface area (Å²) in [5.41, 5.74) is -1.32. The second-order valence-electron chi connectivity index (χ2n) is 11.8. The molecule has 0 fully saturated rings. The van der Waals surface area contributed by atoms with Crippen LogP contribution >= 0.6 is 0 Å². The van der Waals surface area contributed by atoms with Crippen LogP contribution in [0.25, 0.3) is 0 Å². The molecule has 3 atom stereocenters. The zero-order valence-corrected chi connectivity index (χ0v) is 37.1. The summed E-state index contributed by atoms with van der Waals surface area (Å²) in [5.74, 6) is 0. The van der Waals surface area contributed by atoms with E-state index in [2.05, 4.69) is 60.1 Å². The molecule has 0 N–H and O–H groups in total. The predicted molar refractivity (Wildman–Crippen MR) is 177 cm³/mol. The van der Waals surface area contributed by atoms with Crippen LogP contribution < -0.4 is 0 Å². The topological polar surface area (TPSA) is 111 Å². The number of hydrogen-bond acceptors (Lipinski definition) is 12. The Hall–Kier alpha value is 1.04. The van der Waals surface area contributed by atoms with Crippen molar-refractivity contribution < 1.29 is 53.1 Å².